The summed E-state index contributed by atoms with van der Waals surface area (Å²) in [6.07, 6.45) is 2.58. The Labute approximate surface area is 152 Å². The summed E-state index contributed by atoms with van der Waals surface area (Å²) in [5.74, 6) is 0.835. The van der Waals surface area contributed by atoms with Gasteiger partial charge < -0.3 is 10.1 Å². The number of anilines is 1. The molecule has 1 aromatic carbocycles. The highest BCUT2D eigenvalue weighted by Gasteiger charge is 2.30. The fraction of sp³-hybridized carbons (Fsp3) is 0.562. The summed E-state index contributed by atoms with van der Waals surface area (Å²) in [5.41, 5.74) is 0.554. The predicted octanol–water partition coefficient (Wildman–Crippen LogP) is 4.11. The predicted molar refractivity (Wildman–Crippen MR) is 95.7 cm³/mol. The van der Waals surface area contributed by atoms with Crippen molar-refractivity contribution in [2.24, 2.45) is 5.92 Å². The molecule has 1 amide bonds. The molecule has 2 rings (SSSR count). The fourth-order valence-corrected chi connectivity index (χ4v) is 2.76. The number of rotatable bonds is 5. The molecule has 4 nitrogen and oxygen atoms in total. The van der Waals surface area contributed by atoms with E-state index in [0.29, 0.717) is 12.3 Å². The Morgan fingerprint density at radius 2 is 2.04 bits per heavy atom. The van der Waals surface area contributed by atoms with Crippen molar-refractivity contribution in [2.45, 2.75) is 23.6 Å². The lowest BCUT2D eigenvalue weighted by Crippen LogP contribution is -2.37. The lowest BCUT2D eigenvalue weighted by molar-refractivity contribution is -0.115. The molecule has 0 spiro atoms. The van der Waals surface area contributed by atoms with Gasteiger partial charge in [0.15, 0.2) is 0 Å². The summed E-state index contributed by atoms with van der Waals surface area (Å²) in [5, 5.41) is 2.52. The highest BCUT2D eigenvalue weighted by molar-refractivity contribution is 6.76. The molecule has 0 aliphatic carbocycles. The quantitative estimate of drug-likeness (QED) is 0.783. The number of benzene rings is 1. The van der Waals surface area contributed by atoms with Gasteiger partial charge in [0.2, 0.25) is 0 Å². The minimum Gasteiger partial charge on any atom is -0.492 e. The highest BCUT2D eigenvalue weighted by atomic mass is 35.6. The summed E-state index contributed by atoms with van der Waals surface area (Å²) in [7, 11) is 0. The maximum Gasteiger partial charge on any atom is 0.276 e. The number of carbonyl (C=O) groups is 1. The van der Waals surface area contributed by atoms with Gasteiger partial charge in [-0.05, 0) is 49.6 Å². The summed E-state index contributed by atoms with van der Waals surface area (Å²) in [6, 6.07) is 7.00. The molecular weight excluding hydrogens is 359 g/mol. The van der Waals surface area contributed by atoms with Crippen LogP contribution in [-0.4, -0.2) is 40.8 Å². The zero-order valence-corrected chi connectivity index (χ0v) is 15.3. The molecule has 128 valence electrons. The molecule has 0 aromatic heterocycles. The number of likely N-dealkylation sites (tertiary alicyclic amines) is 1. The molecule has 1 N–H and O–H groups in total. The first-order valence-electron chi connectivity index (χ1n) is 7.68. The Hall–Kier alpha value is -0.680. The van der Waals surface area contributed by atoms with Crippen LogP contribution >= 0.6 is 34.8 Å². The number of nitrogens with zero attached hydrogens (tertiary/aromatic N) is 1. The standard InChI is InChI=1S/C16H21Cl3N2O2/c1-12-3-2-8-21(11-12)9-10-23-14-6-4-13(5-7-14)20-15(22)16(17,18)19/h4-7,12H,2-3,8-11H2,1H3,(H,20,22)/t12-/m0/s1. The Balaban J connectivity index is 1.75. The fourth-order valence-electron chi connectivity index (χ4n) is 2.62. The van der Waals surface area contributed by atoms with Crippen molar-refractivity contribution in [3.8, 4) is 5.75 Å². The number of amides is 1. The van der Waals surface area contributed by atoms with Gasteiger partial charge in [-0.2, -0.15) is 0 Å². The van der Waals surface area contributed by atoms with Gasteiger partial charge >= 0.3 is 0 Å². The first-order chi connectivity index (χ1) is 10.8. The van der Waals surface area contributed by atoms with Crippen LogP contribution in [0.15, 0.2) is 24.3 Å². The van der Waals surface area contributed by atoms with Gasteiger partial charge in [0.05, 0.1) is 0 Å². The number of ether oxygens (including phenoxy) is 1. The molecule has 0 bridgehead atoms. The molecule has 7 heteroatoms. The van der Waals surface area contributed by atoms with Crippen LogP contribution in [0.4, 0.5) is 5.69 Å². The van der Waals surface area contributed by atoms with Crippen LogP contribution in [0.1, 0.15) is 19.8 Å². The second kappa shape index (κ2) is 8.43. The third-order valence-corrected chi connectivity index (χ3v) is 4.30. The zero-order valence-electron chi connectivity index (χ0n) is 13.0. The molecule has 1 atom stereocenters. The molecule has 1 aliphatic heterocycles. The van der Waals surface area contributed by atoms with E-state index >= 15 is 0 Å². The van der Waals surface area contributed by atoms with Crippen molar-refractivity contribution >= 4 is 46.4 Å². The van der Waals surface area contributed by atoms with E-state index in [1.165, 1.54) is 12.8 Å². The lowest BCUT2D eigenvalue weighted by atomic mass is 10.0. The second-order valence-electron chi connectivity index (χ2n) is 5.87. The van der Waals surface area contributed by atoms with E-state index in [1.54, 1.807) is 24.3 Å². The van der Waals surface area contributed by atoms with Crippen molar-refractivity contribution in [3.63, 3.8) is 0 Å². The number of alkyl halides is 3. The number of halogens is 3. The van der Waals surface area contributed by atoms with E-state index in [4.69, 9.17) is 39.5 Å². The Morgan fingerprint density at radius 3 is 2.65 bits per heavy atom. The SMILES string of the molecule is C[C@H]1CCCN(CCOc2ccc(NC(=O)C(Cl)(Cl)Cl)cc2)C1. The van der Waals surface area contributed by atoms with Crippen LogP contribution in [0.2, 0.25) is 0 Å². The van der Waals surface area contributed by atoms with E-state index in [0.717, 1.165) is 31.3 Å². The maximum absolute atomic E-state index is 11.5. The normalized spacial score (nSPS) is 19.4. The van der Waals surface area contributed by atoms with Crippen LogP contribution < -0.4 is 10.1 Å². The van der Waals surface area contributed by atoms with Crippen molar-refractivity contribution in [3.05, 3.63) is 24.3 Å². The average molecular weight is 380 g/mol. The smallest absolute Gasteiger partial charge is 0.276 e. The molecule has 1 saturated heterocycles. The maximum atomic E-state index is 11.5. The summed E-state index contributed by atoms with van der Waals surface area (Å²) >= 11 is 16.5. The van der Waals surface area contributed by atoms with Crippen molar-refractivity contribution in [1.82, 2.24) is 4.90 Å². The molecule has 0 unspecified atom stereocenters. The number of carbonyl (C=O) groups excluding carboxylic acids is 1. The Bertz CT molecular complexity index is 517. The molecule has 1 aromatic rings. The monoisotopic (exact) mass is 378 g/mol. The number of hydrogen-bond donors (Lipinski definition) is 1. The minimum atomic E-state index is -1.97. The summed E-state index contributed by atoms with van der Waals surface area (Å²) < 4.78 is 3.77. The minimum absolute atomic E-state index is 0.554. The van der Waals surface area contributed by atoms with Crippen LogP contribution in [0.5, 0.6) is 5.75 Å². The Kier molecular flexibility index (Phi) is 6.84. The van der Waals surface area contributed by atoms with E-state index in [1.807, 2.05) is 0 Å². The number of hydrogen-bond acceptors (Lipinski definition) is 3. The first-order valence-corrected chi connectivity index (χ1v) is 8.81. The Morgan fingerprint density at radius 1 is 1.35 bits per heavy atom. The second-order valence-corrected chi connectivity index (χ2v) is 8.15. The van der Waals surface area contributed by atoms with Gasteiger partial charge in [0.1, 0.15) is 12.4 Å². The molecule has 0 radical (unpaired) electrons. The third kappa shape index (κ3) is 6.38. The van der Waals surface area contributed by atoms with E-state index in [2.05, 4.69) is 17.1 Å². The highest BCUT2D eigenvalue weighted by Crippen LogP contribution is 2.28. The van der Waals surface area contributed by atoms with Crippen LogP contribution in [0.3, 0.4) is 0 Å². The van der Waals surface area contributed by atoms with Crippen molar-refractivity contribution < 1.29 is 9.53 Å². The third-order valence-electron chi connectivity index (χ3n) is 3.79. The van der Waals surface area contributed by atoms with Gasteiger partial charge in [-0.1, -0.05) is 41.7 Å². The molecule has 0 saturated carbocycles. The molecular formula is C16H21Cl3N2O2. The lowest BCUT2D eigenvalue weighted by Gasteiger charge is -2.30. The van der Waals surface area contributed by atoms with E-state index < -0.39 is 9.70 Å². The zero-order chi connectivity index (χ0) is 16.9. The largest absolute Gasteiger partial charge is 0.492 e. The summed E-state index contributed by atoms with van der Waals surface area (Å²) in [6.45, 7) is 6.15. The van der Waals surface area contributed by atoms with Crippen LogP contribution in [0, 0.1) is 5.92 Å². The molecule has 1 fully saturated rings. The van der Waals surface area contributed by atoms with Gasteiger partial charge in [0.25, 0.3) is 9.70 Å². The molecule has 23 heavy (non-hydrogen) atoms. The van der Waals surface area contributed by atoms with Crippen molar-refractivity contribution in [1.29, 1.82) is 0 Å². The van der Waals surface area contributed by atoms with Gasteiger partial charge in [-0.15, -0.1) is 0 Å². The summed E-state index contributed by atoms with van der Waals surface area (Å²) in [4.78, 5) is 14.0. The van der Waals surface area contributed by atoms with Crippen molar-refractivity contribution in [2.75, 3.05) is 31.6 Å². The van der Waals surface area contributed by atoms with Gasteiger partial charge in [-0.3, -0.25) is 9.69 Å². The van der Waals surface area contributed by atoms with E-state index in [-0.39, 0.29) is 0 Å². The average Bonchev–Trinajstić information content (AvgIpc) is 2.48. The van der Waals surface area contributed by atoms with Gasteiger partial charge in [0, 0.05) is 18.8 Å². The molecule has 1 aliphatic rings. The van der Waals surface area contributed by atoms with Crippen LogP contribution in [-0.2, 0) is 4.79 Å². The van der Waals surface area contributed by atoms with Crippen LogP contribution in [0.25, 0.3) is 0 Å². The van der Waals surface area contributed by atoms with E-state index in [9.17, 15) is 4.79 Å². The molecule has 1 heterocycles. The van der Waals surface area contributed by atoms with Gasteiger partial charge in [-0.25, -0.2) is 0 Å². The number of piperidine rings is 1. The first kappa shape index (κ1) is 18.7. The topological polar surface area (TPSA) is 41.6 Å². The number of nitrogens with one attached hydrogen (secondary N) is 1.